The molecule has 10 nitrogen and oxygen atoms in total. The van der Waals surface area contributed by atoms with Gasteiger partial charge in [0.15, 0.2) is 0 Å². The summed E-state index contributed by atoms with van der Waals surface area (Å²) in [4.78, 5) is 31.6. The number of hydrogen-bond acceptors (Lipinski definition) is 8. The molecule has 0 spiro atoms. The van der Waals surface area contributed by atoms with Gasteiger partial charge in [0.2, 0.25) is 5.82 Å². The SMILES string of the molecule is CCOC(=O)C[C@@H](Nc1cc(Br)c(F)cc1[N+](=O)[O-])c1c(Cl)cccc1OC(F)(F)F.O=[N+]([O-])c1cc(F)c(Br)cc1F. The first-order chi connectivity index (χ1) is 19.9. The summed E-state index contributed by atoms with van der Waals surface area (Å²) in [6.07, 6.45) is -5.63. The van der Waals surface area contributed by atoms with Crippen molar-refractivity contribution in [1.82, 2.24) is 0 Å². The fraction of sp³-hybridized carbons (Fsp3) is 0.208. The molecule has 232 valence electrons. The Morgan fingerprint density at radius 3 is 2.07 bits per heavy atom. The second-order valence-corrected chi connectivity index (χ2v) is 10.0. The molecule has 0 aliphatic heterocycles. The van der Waals surface area contributed by atoms with Crippen molar-refractivity contribution in [2.75, 3.05) is 11.9 Å². The molecule has 19 heteroatoms. The van der Waals surface area contributed by atoms with E-state index in [-0.39, 0.29) is 31.8 Å². The van der Waals surface area contributed by atoms with Crippen molar-refractivity contribution in [3.8, 4) is 5.75 Å². The molecule has 0 bridgehead atoms. The zero-order valence-electron chi connectivity index (χ0n) is 21.2. The van der Waals surface area contributed by atoms with Gasteiger partial charge in [0.25, 0.3) is 5.69 Å². The Bertz CT molecular complexity index is 1530. The molecule has 3 rings (SSSR count). The van der Waals surface area contributed by atoms with Gasteiger partial charge in [-0.15, -0.1) is 13.2 Å². The molecule has 0 saturated carbocycles. The van der Waals surface area contributed by atoms with Crippen LogP contribution in [0.2, 0.25) is 5.02 Å². The molecule has 0 amide bonds. The summed E-state index contributed by atoms with van der Waals surface area (Å²) in [7, 11) is 0. The number of carbonyl (C=O) groups excluding carboxylic acids is 1. The summed E-state index contributed by atoms with van der Waals surface area (Å²) in [5, 5.41) is 23.8. The van der Waals surface area contributed by atoms with Crippen LogP contribution in [0.4, 0.5) is 43.4 Å². The number of anilines is 1. The molecule has 0 saturated heterocycles. The Kier molecular flexibility index (Phi) is 12.6. The van der Waals surface area contributed by atoms with Crippen LogP contribution in [-0.2, 0) is 9.53 Å². The minimum absolute atomic E-state index is 0.0117. The highest BCUT2D eigenvalue weighted by Crippen LogP contribution is 2.41. The van der Waals surface area contributed by atoms with Crippen LogP contribution in [0.25, 0.3) is 0 Å². The number of rotatable bonds is 9. The minimum Gasteiger partial charge on any atom is -0.466 e. The Labute approximate surface area is 259 Å². The zero-order valence-corrected chi connectivity index (χ0v) is 25.1. The van der Waals surface area contributed by atoms with Gasteiger partial charge in [-0.3, -0.25) is 25.0 Å². The lowest BCUT2D eigenvalue weighted by atomic mass is 10.0. The molecule has 0 aliphatic carbocycles. The molecule has 3 aromatic rings. The number of esters is 1. The number of nitro groups is 2. The molecule has 0 fully saturated rings. The van der Waals surface area contributed by atoms with Crippen LogP contribution >= 0.6 is 43.5 Å². The Morgan fingerprint density at radius 2 is 1.53 bits per heavy atom. The van der Waals surface area contributed by atoms with Crippen LogP contribution in [0.5, 0.6) is 5.75 Å². The van der Waals surface area contributed by atoms with Gasteiger partial charge in [0.1, 0.15) is 23.1 Å². The van der Waals surface area contributed by atoms with Gasteiger partial charge in [0, 0.05) is 10.6 Å². The topological polar surface area (TPSA) is 134 Å². The van der Waals surface area contributed by atoms with Crippen LogP contribution in [0.15, 0.2) is 51.4 Å². The second-order valence-electron chi connectivity index (χ2n) is 7.92. The van der Waals surface area contributed by atoms with Crippen LogP contribution in [-0.4, -0.2) is 28.8 Å². The molecule has 1 N–H and O–H groups in total. The summed E-state index contributed by atoms with van der Waals surface area (Å²) >= 11 is 11.7. The molecule has 0 radical (unpaired) electrons. The molecular weight excluding hydrogens is 752 g/mol. The quantitative estimate of drug-likeness (QED) is 0.0751. The number of halogens is 9. The smallest absolute Gasteiger partial charge is 0.466 e. The van der Waals surface area contributed by atoms with Crippen molar-refractivity contribution >= 4 is 66.5 Å². The van der Waals surface area contributed by atoms with Crippen molar-refractivity contribution in [3.05, 3.63) is 99.7 Å². The highest BCUT2D eigenvalue weighted by atomic mass is 79.9. The van der Waals surface area contributed by atoms with Crippen LogP contribution in [0.1, 0.15) is 24.9 Å². The average molecular weight is 768 g/mol. The van der Waals surface area contributed by atoms with Crippen molar-refractivity contribution in [1.29, 1.82) is 0 Å². The standard InChI is InChI=1S/C18H14BrClF4N2O5.C6H2BrF2NO2/c1-2-30-16(27)8-13(17-10(20)4-3-5-15(17)31-18(22,23)24)25-12-6-9(19)11(21)7-14(12)26(28)29;7-3-1-5(9)6(10(11)12)2-4(3)8/h3-7,13,25H,2,8H2,1H3;1-2H/t13-;/m1./s1. The lowest BCUT2D eigenvalue weighted by molar-refractivity contribution is -0.387. The van der Waals surface area contributed by atoms with Gasteiger partial charge in [-0.2, -0.15) is 4.39 Å². The molecule has 1 atom stereocenters. The van der Waals surface area contributed by atoms with E-state index in [0.717, 1.165) is 12.1 Å². The number of ether oxygens (including phenoxy) is 2. The van der Waals surface area contributed by atoms with E-state index in [2.05, 4.69) is 41.9 Å². The first-order valence-corrected chi connectivity index (χ1v) is 13.3. The van der Waals surface area contributed by atoms with Gasteiger partial charge in [-0.25, -0.2) is 8.78 Å². The average Bonchev–Trinajstić information content (AvgIpc) is 2.87. The zero-order chi connectivity index (χ0) is 32.6. The first kappa shape index (κ1) is 35.6. The third-order valence-electron chi connectivity index (χ3n) is 5.01. The van der Waals surface area contributed by atoms with Crippen LogP contribution in [0, 0.1) is 37.7 Å². The van der Waals surface area contributed by atoms with E-state index >= 15 is 0 Å². The van der Waals surface area contributed by atoms with Crippen molar-refractivity contribution in [3.63, 3.8) is 0 Å². The van der Waals surface area contributed by atoms with Gasteiger partial charge >= 0.3 is 18.0 Å². The van der Waals surface area contributed by atoms with E-state index in [0.29, 0.717) is 18.2 Å². The van der Waals surface area contributed by atoms with Crippen molar-refractivity contribution < 1.29 is 50.5 Å². The monoisotopic (exact) mass is 765 g/mol. The van der Waals surface area contributed by atoms with Gasteiger partial charge in [-0.05, 0) is 63.0 Å². The maximum Gasteiger partial charge on any atom is 0.573 e. The normalized spacial score (nSPS) is 11.6. The summed E-state index contributed by atoms with van der Waals surface area (Å²) in [5.74, 6) is -4.39. The summed E-state index contributed by atoms with van der Waals surface area (Å²) in [5.41, 5.74) is -2.13. The Hall–Kier alpha value is -3.64. The maximum atomic E-state index is 13.8. The third-order valence-corrected chi connectivity index (χ3v) is 6.56. The van der Waals surface area contributed by atoms with Gasteiger partial charge < -0.3 is 14.8 Å². The number of nitrogens with zero attached hydrogens (tertiary/aromatic N) is 2. The predicted octanol–water partition coefficient (Wildman–Crippen LogP) is 8.79. The molecule has 0 heterocycles. The summed E-state index contributed by atoms with van der Waals surface area (Å²) < 4.78 is 86.2. The number of nitrogens with one attached hydrogen (secondary N) is 1. The lowest BCUT2D eigenvalue weighted by Gasteiger charge is -2.24. The second kappa shape index (κ2) is 15.2. The molecule has 3 aromatic carbocycles. The van der Waals surface area contributed by atoms with Crippen LogP contribution in [0.3, 0.4) is 0 Å². The van der Waals surface area contributed by atoms with Gasteiger partial charge in [0.05, 0.1) is 50.0 Å². The number of nitro benzene ring substituents is 2. The number of hydrogen-bond donors (Lipinski definition) is 1. The lowest BCUT2D eigenvalue weighted by Crippen LogP contribution is -2.22. The third kappa shape index (κ3) is 10.2. The maximum absolute atomic E-state index is 13.8. The predicted molar refractivity (Wildman–Crippen MR) is 147 cm³/mol. The number of benzene rings is 3. The molecule has 0 unspecified atom stereocenters. The van der Waals surface area contributed by atoms with E-state index in [1.165, 1.54) is 19.1 Å². The fourth-order valence-electron chi connectivity index (χ4n) is 3.32. The van der Waals surface area contributed by atoms with E-state index in [4.69, 9.17) is 16.3 Å². The Morgan fingerprint density at radius 1 is 0.977 bits per heavy atom. The Balaban J connectivity index is 0.000000448. The van der Waals surface area contributed by atoms with Crippen molar-refractivity contribution in [2.24, 2.45) is 0 Å². The first-order valence-electron chi connectivity index (χ1n) is 11.3. The van der Waals surface area contributed by atoms with E-state index < -0.39 is 69.2 Å². The molecular formula is C24H16Br2ClF6N3O7. The van der Waals surface area contributed by atoms with Crippen LogP contribution < -0.4 is 10.1 Å². The summed E-state index contributed by atoms with van der Waals surface area (Å²) in [6, 6.07) is 4.97. The molecule has 0 aromatic heterocycles. The highest BCUT2D eigenvalue weighted by molar-refractivity contribution is 9.10. The van der Waals surface area contributed by atoms with Crippen molar-refractivity contribution in [2.45, 2.75) is 25.7 Å². The number of carbonyl (C=O) groups is 1. The molecule has 43 heavy (non-hydrogen) atoms. The number of alkyl halides is 3. The van der Waals surface area contributed by atoms with E-state index in [1.807, 2.05) is 0 Å². The summed E-state index contributed by atoms with van der Waals surface area (Å²) in [6.45, 7) is 1.51. The molecule has 0 aliphatic rings. The van der Waals surface area contributed by atoms with E-state index in [9.17, 15) is 51.4 Å². The highest BCUT2D eigenvalue weighted by Gasteiger charge is 2.35. The fourth-order valence-corrected chi connectivity index (χ4v) is 4.28. The minimum atomic E-state index is -5.07. The largest absolute Gasteiger partial charge is 0.573 e. The van der Waals surface area contributed by atoms with E-state index in [1.54, 1.807) is 0 Å². The van der Waals surface area contributed by atoms with Gasteiger partial charge in [-0.1, -0.05) is 17.7 Å².